The van der Waals surface area contributed by atoms with Crippen molar-refractivity contribution >= 4 is 41.0 Å². The molecule has 7 nitrogen and oxygen atoms in total. The quantitative estimate of drug-likeness (QED) is 0.370. The van der Waals surface area contributed by atoms with Crippen molar-refractivity contribution < 1.29 is 23.9 Å². The number of nitrogens with zero attached hydrogens (tertiary/aromatic N) is 2. The van der Waals surface area contributed by atoms with Gasteiger partial charge in [-0.25, -0.2) is 4.90 Å². The van der Waals surface area contributed by atoms with E-state index in [0.29, 0.717) is 28.4 Å². The summed E-state index contributed by atoms with van der Waals surface area (Å²) in [6.07, 6.45) is 0.776. The summed E-state index contributed by atoms with van der Waals surface area (Å²) in [4.78, 5) is 52.3. The second kappa shape index (κ2) is 9.75. The van der Waals surface area contributed by atoms with Crippen LogP contribution in [0.5, 0.6) is 5.75 Å². The highest BCUT2D eigenvalue weighted by atomic mass is 35.5. The van der Waals surface area contributed by atoms with Crippen LogP contribution in [0.25, 0.3) is 0 Å². The zero-order valence-electron chi connectivity index (χ0n) is 17.3. The van der Waals surface area contributed by atoms with Crippen LogP contribution in [-0.4, -0.2) is 34.6 Å². The maximum atomic E-state index is 13.2. The highest BCUT2D eigenvalue weighted by Gasteiger charge is 2.44. The van der Waals surface area contributed by atoms with Crippen molar-refractivity contribution in [3.05, 3.63) is 59.1 Å². The second-order valence-electron chi connectivity index (χ2n) is 7.24. The van der Waals surface area contributed by atoms with Crippen LogP contribution in [0, 0.1) is 0 Å². The number of hydrogen-bond acceptors (Lipinski definition) is 5. The van der Waals surface area contributed by atoms with Crippen LogP contribution in [-0.2, 0) is 25.7 Å². The smallest absolute Gasteiger partial charge is 0.308 e. The number of carbonyl (C=O) groups is 4. The van der Waals surface area contributed by atoms with E-state index in [4.69, 9.17) is 16.3 Å². The molecule has 0 spiro atoms. The molecule has 162 valence electrons. The summed E-state index contributed by atoms with van der Waals surface area (Å²) >= 11 is 6.26. The van der Waals surface area contributed by atoms with Crippen molar-refractivity contribution in [2.75, 3.05) is 4.90 Å². The maximum absolute atomic E-state index is 13.2. The van der Waals surface area contributed by atoms with Gasteiger partial charge in [-0.1, -0.05) is 36.7 Å². The van der Waals surface area contributed by atoms with Gasteiger partial charge in [0.05, 0.1) is 12.1 Å². The normalized spacial score (nSPS) is 15.8. The molecule has 1 saturated heterocycles. The van der Waals surface area contributed by atoms with Crippen molar-refractivity contribution in [1.82, 2.24) is 4.90 Å². The van der Waals surface area contributed by atoms with Gasteiger partial charge in [-0.15, -0.1) is 0 Å². The Bertz CT molecular complexity index is 1010. The Balaban J connectivity index is 1.86. The van der Waals surface area contributed by atoms with Gasteiger partial charge in [0, 0.05) is 24.9 Å². The molecule has 1 heterocycles. The summed E-state index contributed by atoms with van der Waals surface area (Å²) < 4.78 is 4.99. The summed E-state index contributed by atoms with van der Waals surface area (Å²) in [5, 5.41) is 0.492. The number of anilines is 1. The molecule has 0 saturated carbocycles. The number of ether oxygens (including phenoxy) is 1. The minimum atomic E-state index is -0.907. The first kappa shape index (κ1) is 22.5. The second-order valence-corrected chi connectivity index (χ2v) is 7.65. The van der Waals surface area contributed by atoms with E-state index in [0.717, 1.165) is 4.90 Å². The van der Waals surface area contributed by atoms with Gasteiger partial charge in [-0.2, -0.15) is 0 Å². The van der Waals surface area contributed by atoms with Gasteiger partial charge in [-0.05, 0) is 42.3 Å². The number of halogens is 1. The highest BCUT2D eigenvalue weighted by molar-refractivity contribution is 6.31. The Morgan fingerprint density at radius 2 is 1.81 bits per heavy atom. The van der Waals surface area contributed by atoms with Crippen LogP contribution in [0.1, 0.15) is 38.7 Å². The Hall–Kier alpha value is -3.19. The maximum Gasteiger partial charge on any atom is 0.308 e. The van der Waals surface area contributed by atoms with Gasteiger partial charge in [0.15, 0.2) is 0 Å². The average Bonchev–Trinajstić information content (AvgIpc) is 3.01. The number of carbonyl (C=O) groups excluding carboxylic acids is 4. The first-order valence-corrected chi connectivity index (χ1v) is 10.4. The topological polar surface area (TPSA) is 84.0 Å². The molecule has 31 heavy (non-hydrogen) atoms. The van der Waals surface area contributed by atoms with Gasteiger partial charge >= 0.3 is 5.97 Å². The van der Waals surface area contributed by atoms with Crippen LogP contribution in [0.2, 0.25) is 5.02 Å². The van der Waals surface area contributed by atoms with Gasteiger partial charge in [-0.3, -0.25) is 19.2 Å². The van der Waals surface area contributed by atoms with Crippen LogP contribution in [0.15, 0.2) is 48.5 Å². The third-order valence-electron chi connectivity index (χ3n) is 4.94. The van der Waals surface area contributed by atoms with Crippen LogP contribution < -0.4 is 9.64 Å². The fraction of sp³-hybridized carbons (Fsp3) is 0.304. The zero-order valence-corrected chi connectivity index (χ0v) is 18.1. The molecule has 2 aromatic carbocycles. The Labute approximate surface area is 185 Å². The summed E-state index contributed by atoms with van der Waals surface area (Å²) in [6, 6.07) is 12.3. The minimum Gasteiger partial charge on any atom is -0.427 e. The first-order valence-electron chi connectivity index (χ1n) is 10.00. The van der Waals surface area contributed by atoms with Gasteiger partial charge in [0.2, 0.25) is 11.8 Å². The first-order chi connectivity index (χ1) is 14.8. The lowest BCUT2D eigenvalue weighted by Crippen LogP contribution is -2.45. The van der Waals surface area contributed by atoms with E-state index in [1.165, 1.54) is 36.1 Å². The molecular formula is C23H23ClN2O5. The lowest BCUT2D eigenvalue weighted by Gasteiger charge is -2.28. The summed E-state index contributed by atoms with van der Waals surface area (Å²) in [7, 11) is 0. The standard InChI is InChI=1S/C23H23ClN2O5/c1-3-6-21(28)25(14-16-7-4-5-8-19(16)24)20-13-22(29)26(23(20)30)17-9-11-18(12-10-17)31-15(2)27/h4-5,7-12,20H,3,6,13-14H2,1-2H3. The lowest BCUT2D eigenvalue weighted by atomic mass is 10.1. The van der Waals surface area contributed by atoms with Crippen LogP contribution in [0.4, 0.5) is 5.69 Å². The molecule has 1 aliphatic heterocycles. The van der Waals surface area contributed by atoms with E-state index in [-0.39, 0.29) is 25.3 Å². The number of imide groups is 1. The van der Waals surface area contributed by atoms with Crippen LogP contribution >= 0.6 is 11.6 Å². The third kappa shape index (κ3) is 5.11. The number of rotatable bonds is 7. The molecule has 3 amide bonds. The molecule has 0 radical (unpaired) electrons. The van der Waals surface area contributed by atoms with E-state index in [9.17, 15) is 19.2 Å². The molecule has 0 aliphatic carbocycles. The van der Waals surface area contributed by atoms with Crippen molar-refractivity contribution in [3.8, 4) is 5.75 Å². The molecule has 1 unspecified atom stereocenters. The van der Waals surface area contributed by atoms with E-state index in [1.807, 2.05) is 13.0 Å². The lowest BCUT2D eigenvalue weighted by molar-refractivity contribution is -0.139. The number of esters is 1. The Morgan fingerprint density at radius 1 is 1.13 bits per heavy atom. The molecule has 1 fully saturated rings. The van der Waals surface area contributed by atoms with Gasteiger partial charge < -0.3 is 9.64 Å². The van der Waals surface area contributed by atoms with Crippen molar-refractivity contribution in [2.24, 2.45) is 0 Å². The Morgan fingerprint density at radius 3 is 2.42 bits per heavy atom. The SMILES string of the molecule is CCCC(=O)N(Cc1ccccc1Cl)C1CC(=O)N(c2ccc(OC(C)=O)cc2)C1=O. The molecule has 1 atom stereocenters. The fourth-order valence-electron chi connectivity index (χ4n) is 3.50. The fourth-order valence-corrected chi connectivity index (χ4v) is 3.70. The predicted molar refractivity (Wildman–Crippen MR) is 116 cm³/mol. The van der Waals surface area contributed by atoms with E-state index >= 15 is 0 Å². The van der Waals surface area contributed by atoms with Crippen molar-refractivity contribution in [2.45, 2.75) is 45.7 Å². The van der Waals surface area contributed by atoms with Gasteiger partial charge in [0.1, 0.15) is 11.8 Å². The largest absolute Gasteiger partial charge is 0.427 e. The molecule has 1 aliphatic rings. The summed E-state index contributed by atoms with van der Waals surface area (Å²) in [5.41, 5.74) is 1.06. The molecular weight excluding hydrogens is 420 g/mol. The summed E-state index contributed by atoms with van der Waals surface area (Å²) in [6.45, 7) is 3.30. The number of amides is 3. The molecule has 0 aromatic heterocycles. The third-order valence-corrected chi connectivity index (χ3v) is 5.31. The van der Waals surface area contributed by atoms with E-state index in [2.05, 4.69) is 0 Å². The van der Waals surface area contributed by atoms with Gasteiger partial charge in [0.25, 0.3) is 5.91 Å². The van der Waals surface area contributed by atoms with E-state index in [1.54, 1.807) is 18.2 Å². The van der Waals surface area contributed by atoms with Crippen LogP contribution in [0.3, 0.4) is 0 Å². The number of hydrogen-bond donors (Lipinski definition) is 0. The predicted octanol–water partition coefficient (Wildman–Crippen LogP) is 3.73. The highest BCUT2D eigenvalue weighted by Crippen LogP contribution is 2.29. The minimum absolute atomic E-state index is 0.107. The zero-order chi connectivity index (χ0) is 22.5. The number of benzene rings is 2. The molecule has 0 N–H and O–H groups in total. The molecule has 2 aromatic rings. The van der Waals surface area contributed by atoms with E-state index < -0.39 is 23.8 Å². The molecule has 3 rings (SSSR count). The molecule has 8 heteroatoms. The summed E-state index contributed by atoms with van der Waals surface area (Å²) in [5.74, 6) is -1.23. The van der Waals surface area contributed by atoms with Crippen molar-refractivity contribution in [3.63, 3.8) is 0 Å². The Kier molecular flexibility index (Phi) is 7.07. The average molecular weight is 443 g/mol. The molecule has 0 bridgehead atoms. The van der Waals surface area contributed by atoms with Crippen molar-refractivity contribution in [1.29, 1.82) is 0 Å². The monoisotopic (exact) mass is 442 g/mol.